The molecule has 0 radical (unpaired) electrons. The third-order valence-corrected chi connectivity index (χ3v) is 4.71. The number of rotatable bonds is 5. The fraction of sp³-hybridized carbons (Fsp3) is 0.381. The Labute approximate surface area is 159 Å². The number of nitrogens with zero attached hydrogens (tertiary/aromatic N) is 2. The van der Waals surface area contributed by atoms with Crippen LogP contribution in [0, 0.1) is 5.82 Å². The standard InChI is InChI=1S/C21H27FN4O/c1-2-23-21(24-15-16-6-8-20(27)9-7-16)25-18-10-12-26(13-11-18)19-5-3-4-17(22)14-19/h3-9,14,18,27H,2,10-13,15H2,1H3,(H2,23,24,25). The van der Waals surface area contributed by atoms with Crippen LogP contribution in [0.4, 0.5) is 10.1 Å². The maximum atomic E-state index is 13.4. The summed E-state index contributed by atoms with van der Waals surface area (Å²) in [6, 6.07) is 14.2. The van der Waals surface area contributed by atoms with E-state index < -0.39 is 0 Å². The van der Waals surface area contributed by atoms with Gasteiger partial charge in [0.2, 0.25) is 0 Å². The van der Waals surface area contributed by atoms with E-state index in [0.29, 0.717) is 12.6 Å². The number of phenolic OH excluding ortho intramolecular Hbond substituents is 1. The monoisotopic (exact) mass is 370 g/mol. The second-order valence-electron chi connectivity index (χ2n) is 6.75. The number of guanidine groups is 1. The number of halogens is 1. The van der Waals surface area contributed by atoms with Crippen molar-refractivity contribution in [2.75, 3.05) is 24.5 Å². The van der Waals surface area contributed by atoms with Crippen LogP contribution in [0.1, 0.15) is 25.3 Å². The molecule has 1 aliphatic heterocycles. The summed E-state index contributed by atoms with van der Waals surface area (Å²) >= 11 is 0. The summed E-state index contributed by atoms with van der Waals surface area (Å²) in [5.74, 6) is 0.871. The van der Waals surface area contributed by atoms with Crippen molar-refractivity contribution in [1.29, 1.82) is 0 Å². The van der Waals surface area contributed by atoms with Gasteiger partial charge in [0.1, 0.15) is 11.6 Å². The Bertz CT molecular complexity index is 755. The van der Waals surface area contributed by atoms with Gasteiger partial charge in [-0.3, -0.25) is 0 Å². The molecule has 6 heteroatoms. The van der Waals surface area contributed by atoms with Crippen LogP contribution >= 0.6 is 0 Å². The Kier molecular flexibility index (Phi) is 6.52. The van der Waals surface area contributed by atoms with Gasteiger partial charge in [-0.25, -0.2) is 9.38 Å². The predicted molar refractivity (Wildman–Crippen MR) is 108 cm³/mol. The molecule has 1 aliphatic rings. The zero-order valence-corrected chi connectivity index (χ0v) is 15.7. The van der Waals surface area contributed by atoms with Gasteiger partial charge in [-0.15, -0.1) is 0 Å². The van der Waals surface area contributed by atoms with E-state index in [9.17, 15) is 9.50 Å². The zero-order valence-electron chi connectivity index (χ0n) is 15.7. The lowest BCUT2D eigenvalue weighted by Gasteiger charge is -2.34. The largest absolute Gasteiger partial charge is 0.508 e. The van der Waals surface area contributed by atoms with Crippen molar-refractivity contribution in [3.8, 4) is 5.75 Å². The van der Waals surface area contributed by atoms with E-state index in [1.807, 2.05) is 25.1 Å². The molecule has 3 N–H and O–H groups in total. The van der Waals surface area contributed by atoms with Gasteiger partial charge < -0.3 is 20.6 Å². The lowest BCUT2D eigenvalue weighted by Crippen LogP contribution is -2.48. The first kappa shape index (κ1) is 19.0. The third-order valence-electron chi connectivity index (χ3n) is 4.71. The smallest absolute Gasteiger partial charge is 0.191 e. The van der Waals surface area contributed by atoms with E-state index in [1.54, 1.807) is 24.3 Å². The molecule has 1 heterocycles. The Morgan fingerprint density at radius 1 is 1.19 bits per heavy atom. The van der Waals surface area contributed by atoms with Gasteiger partial charge in [-0.05, 0) is 55.7 Å². The summed E-state index contributed by atoms with van der Waals surface area (Å²) in [5, 5.41) is 16.2. The fourth-order valence-corrected chi connectivity index (χ4v) is 3.24. The zero-order chi connectivity index (χ0) is 19.1. The minimum absolute atomic E-state index is 0.191. The Hall–Kier alpha value is -2.76. The topological polar surface area (TPSA) is 59.9 Å². The average Bonchev–Trinajstić information content (AvgIpc) is 2.68. The number of aliphatic imine (C=N–C) groups is 1. The highest BCUT2D eigenvalue weighted by Gasteiger charge is 2.20. The fourth-order valence-electron chi connectivity index (χ4n) is 3.24. The third kappa shape index (κ3) is 5.61. The van der Waals surface area contributed by atoms with E-state index in [1.165, 1.54) is 6.07 Å². The molecule has 2 aromatic rings. The van der Waals surface area contributed by atoms with E-state index in [0.717, 1.165) is 49.7 Å². The molecule has 3 rings (SSSR count). The summed E-state index contributed by atoms with van der Waals surface area (Å²) in [6.07, 6.45) is 1.94. The van der Waals surface area contributed by atoms with Gasteiger partial charge in [-0.1, -0.05) is 18.2 Å². The second-order valence-corrected chi connectivity index (χ2v) is 6.75. The molecule has 144 valence electrons. The average molecular weight is 370 g/mol. The molecule has 0 bridgehead atoms. The highest BCUT2D eigenvalue weighted by molar-refractivity contribution is 5.80. The van der Waals surface area contributed by atoms with Crippen LogP contribution in [-0.2, 0) is 6.54 Å². The minimum Gasteiger partial charge on any atom is -0.508 e. The van der Waals surface area contributed by atoms with Crippen molar-refractivity contribution in [3.63, 3.8) is 0 Å². The van der Waals surface area contributed by atoms with Crippen LogP contribution in [0.25, 0.3) is 0 Å². The molecule has 2 aromatic carbocycles. The lowest BCUT2D eigenvalue weighted by molar-refractivity contribution is 0.461. The van der Waals surface area contributed by atoms with Crippen LogP contribution in [0.5, 0.6) is 5.75 Å². The number of benzene rings is 2. The quantitative estimate of drug-likeness (QED) is 0.559. The molecule has 0 amide bonds. The molecule has 0 aromatic heterocycles. The number of aromatic hydroxyl groups is 1. The van der Waals surface area contributed by atoms with Crippen molar-refractivity contribution in [2.24, 2.45) is 4.99 Å². The first-order valence-electron chi connectivity index (χ1n) is 9.47. The number of piperidine rings is 1. The lowest BCUT2D eigenvalue weighted by atomic mass is 10.0. The first-order valence-corrected chi connectivity index (χ1v) is 9.47. The van der Waals surface area contributed by atoms with Gasteiger partial charge in [-0.2, -0.15) is 0 Å². The highest BCUT2D eigenvalue weighted by atomic mass is 19.1. The van der Waals surface area contributed by atoms with Crippen LogP contribution in [0.3, 0.4) is 0 Å². The summed E-state index contributed by atoms with van der Waals surface area (Å²) in [4.78, 5) is 6.87. The van der Waals surface area contributed by atoms with Crippen LogP contribution < -0.4 is 15.5 Å². The van der Waals surface area contributed by atoms with E-state index >= 15 is 0 Å². The van der Waals surface area contributed by atoms with E-state index in [2.05, 4.69) is 20.5 Å². The summed E-state index contributed by atoms with van der Waals surface area (Å²) in [6.45, 7) is 5.17. The van der Waals surface area contributed by atoms with Crippen LogP contribution in [-0.4, -0.2) is 36.7 Å². The molecular formula is C21H27FN4O. The number of anilines is 1. The van der Waals surface area contributed by atoms with Gasteiger partial charge >= 0.3 is 0 Å². The molecule has 5 nitrogen and oxygen atoms in total. The number of phenols is 1. The van der Waals surface area contributed by atoms with Crippen molar-refractivity contribution < 1.29 is 9.50 Å². The second kappa shape index (κ2) is 9.26. The van der Waals surface area contributed by atoms with Crippen LogP contribution in [0.2, 0.25) is 0 Å². The predicted octanol–water partition coefficient (Wildman–Crippen LogP) is 3.26. The Morgan fingerprint density at radius 3 is 2.59 bits per heavy atom. The van der Waals surface area contributed by atoms with Gasteiger partial charge in [0.05, 0.1) is 6.54 Å². The Morgan fingerprint density at radius 2 is 1.93 bits per heavy atom. The number of hydrogen-bond donors (Lipinski definition) is 3. The van der Waals surface area contributed by atoms with Gasteiger partial charge in [0.25, 0.3) is 0 Å². The van der Waals surface area contributed by atoms with Crippen LogP contribution in [0.15, 0.2) is 53.5 Å². The highest BCUT2D eigenvalue weighted by Crippen LogP contribution is 2.20. The molecular weight excluding hydrogens is 343 g/mol. The summed E-state index contributed by atoms with van der Waals surface area (Å²) < 4.78 is 13.4. The summed E-state index contributed by atoms with van der Waals surface area (Å²) in [7, 11) is 0. The van der Waals surface area contributed by atoms with Gasteiger partial charge in [0, 0.05) is 31.4 Å². The van der Waals surface area contributed by atoms with Crippen molar-refractivity contribution in [2.45, 2.75) is 32.4 Å². The maximum Gasteiger partial charge on any atom is 0.191 e. The maximum absolute atomic E-state index is 13.4. The number of hydrogen-bond acceptors (Lipinski definition) is 3. The van der Waals surface area contributed by atoms with E-state index in [-0.39, 0.29) is 11.6 Å². The van der Waals surface area contributed by atoms with Crippen molar-refractivity contribution >= 4 is 11.6 Å². The molecule has 0 atom stereocenters. The molecule has 0 spiro atoms. The molecule has 27 heavy (non-hydrogen) atoms. The molecule has 1 saturated heterocycles. The first-order chi connectivity index (χ1) is 13.1. The molecule has 0 unspecified atom stereocenters. The minimum atomic E-state index is -0.191. The van der Waals surface area contributed by atoms with Gasteiger partial charge in [0.15, 0.2) is 5.96 Å². The van der Waals surface area contributed by atoms with E-state index in [4.69, 9.17) is 0 Å². The molecule has 0 aliphatic carbocycles. The Balaban J connectivity index is 1.54. The SMILES string of the molecule is CCNC(=NCc1ccc(O)cc1)NC1CCN(c2cccc(F)c2)CC1. The normalized spacial score (nSPS) is 15.6. The summed E-state index contributed by atoms with van der Waals surface area (Å²) in [5.41, 5.74) is 1.99. The van der Waals surface area contributed by atoms with Crippen molar-refractivity contribution in [1.82, 2.24) is 10.6 Å². The molecule has 0 saturated carbocycles. The molecule has 1 fully saturated rings. The number of nitrogens with one attached hydrogen (secondary N) is 2. The van der Waals surface area contributed by atoms with Crippen molar-refractivity contribution in [3.05, 3.63) is 59.9 Å².